The minimum Gasteiger partial charge on any atom is -0.359 e. The van der Waals surface area contributed by atoms with Crippen molar-refractivity contribution < 1.29 is 0 Å². The van der Waals surface area contributed by atoms with Gasteiger partial charge in [0.05, 0.1) is 45.5 Å². The van der Waals surface area contributed by atoms with E-state index in [9.17, 15) is 0 Å². The number of fused-ring (bicyclic) bond motifs is 7. The molecule has 0 saturated carbocycles. The summed E-state index contributed by atoms with van der Waals surface area (Å²) in [5.74, 6) is 0. The summed E-state index contributed by atoms with van der Waals surface area (Å²) < 4.78 is 4.92. The predicted molar refractivity (Wildman–Crippen MR) is 236 cm³/mol. The largest absolute Gasteiger partial charge is 0.359 e. The molecule has 0 saturated heterocycles. The van der Waals surface area contributed by atoms with Crippen LogP contribution in [0.4, 0.5) is 17.1 Å². The topological polar surface area (TPSA) is 16.3 Å². The smallest absolute Gasteiger partial charge is 0.0762 e. The molecule has 4 heterocycles. The first-order valence-electron chi connectivity index (χ1n) is 19.5. The molecule has 7 aromatic carbocycles. The van der Waals surface area contributed by atoms with Gasteiger partial charge in [0.2, 0.25) is 0 Å². The van der Waals surface area contributed by atoms with Crippen molar-refractivity contribution in [3.63, 3.8) is 0 Å². The van der Waals surface area contributed by atoms with Crippen LogP contribution in [-0.4, -0.2) is 26.1 Å². The van der Waals surface area contributed by atoms with Crippen molar-refractivity contribution in [3.05, 3.63) is 200 Å². The third-order valence-electron chi connectivity index (χ3n) is 11.9. The monoisotopic (exact) mass is 720 g/mol. The van der Waals surface area contributed by atoms with E-state index in [0.29, 0.717) is 0 Å². The zero-order valence-electron chi connectivity index (χ0n) is 31.5. The lowest BCUT2D eigenvalue weighted by atomic mass is 10.00. The highest BCUT2D eigenvalue weighted by atomic mass is 15.2. The first kappa shape index (κ1) is 32.4. The van der Waals surface area contributed by atoms with Gasteiger partial charge in [0.25, 0.3) is 0 Å². The number of hydrogen-bond acceptors (Lipinski definition) is 2. The quantitative estimate of drug-likeness (QED) is 0.170. The molecule has 2 aliphatic heterocycles. The van der Waals surface area contributed by atoms with Crippen molar-refractivity contribution in [2.24, 2.45) is 0 Å². The highest BCUT2D eigenvalue weighted by Crippen LogP contribution is 2.48. The Bertz CT molecular complexity index is 3070. The molecule has 1 atom stereocenters. The van der Waals surface area contributed by atoms with Gasteiger partial charge in [-0.25, -0.2) is 0 Å². The van der Waals surface area contributed by atoms with Crippen LogP contribution in [0.2, 0.25) is 0 Å². The number of para-hydroxylation sites is 2. The second kappa shape index (κ2) is 12.5. The standard InChI is InChI=1S/C52H40N4/c1-36-24-28-39(29-25-36)55(48-22-13-23-49-51(48)43-17-7-9-19-45(43)56(49)41-34-52(2)32-10-11-33-53(52)35-41)47-21-12-20-46-50(47)42-16-6-8-18-44(42)54(46)40-30-26-38(27-31-40)37-14-4-3-5-15-37/h3-34H,35H2,1-2H3. The molecule has 56 heavy (non-hydrogen) atoms. The lowest BCUT2D eigenvalue weighted by Crippen LogP contribution is -2.36. The first-order valence-corrected chi connectivity index (χ1v) is 19.5. The minimum atomic E-state index is -0.154. The summed E-state index contributed by atoms with van der Waals surface area (Å²) in [4.78, 5) is 4.92. The maximum atomic E-state index is 2.50. The molecule has 268 valence electrons. The summed E-state index contributed by atoms with van der Waals surface area (Å²) in [6.07, 6.45) is 11.3. The Morgan fingerprint density at radius 1 is 0.518 bits per heavy atom. The van der Waals surface area contributed by atoms with Gasteiger partial charge in [-0.2, -0.15) is 0 Å². The number of nitrogens with zero attached hydrogens (tertiary/aromatic N) is 4. The van der Waals surface area contributed by atoms with Crippen molar-refractivity contribution in [2.45, 2.75) is 19.4 Å². The molecule has 11 rings (SSSR count). The van der Waals surface area contributed by atoms with Crippen LogP contribution in [0.25, 0.3) is 66.1 Å². The van der Waals surface area contributed by atoms with E-state index in [1.54, 1.807) is 0 Å². The number of anilines is 3. The van der Waals surface area contributed by atoms with E-state index in [1.165, 1.54) is 66.0 Å². The Morgan fingerprint density at radius 3 is 1.75 bits per heavy atom. The zero-order valence-corrected chi connectivity index (χ0v) is 31.5. The molecule has 2 aliphatic rings. The Kier molecular flexibility index (Phi) is 7.23. The second-order valence-electron chi connectivity index (χ2n) is 15.3. The van der Waals surface area contributed by atoms with Gasteiger partial charge >= 0.3 is 0 Å². The van der Waals surface area contributed by atoms with E-state index in [1.807, 2.05) is 0 Å². The van der Waals surface area contributed by atoms with Gasteiger partial charge in [-0.3, -0.25) is 0 Å². The van der Waals surface area contributed by atoms with Gasteiger partial charge in [-0.1, -0.05) is 121 Å². The second-order valence-corrected chi connectivity index (χ2v) is 15.3. The highest BCUT2D eigenvalue weighted by Gasteiger charge is 2.35. The van der Waals surface area contributed by atoms with Crippen molar-refractivity contribution in [2.75, 3.05) is 11.4 Å². The number of aromatic nitrogens is 2. The van der Waals surface area contributed by atoms with Gasteiger partial charge in [0, 0.05) is 44.8 Å². The summed E-state index contributed by atoms with van der Waals surface area (Å²) >= 11 is 0. The van der Waals surface area contributed by atoms with Crippen molar-refractivity contribution in [3.8, 4) is 16.8 Å². The summed E-state index contributed by atoms with van der Waals surface area (Å²) in [6.45, 7) is 5.29. The number of benzene rings is 7. The molecule has 0 radical (unpaired) electrons. The van der Waals surface area contributed by atoms with Crippen LogP contribution in [0.15, 0.2) is 194 Å². The SMILES string of the molecule is Cc1ccc(N(c2cccc3c2c2ccccc2n3C2=CC3(C)C=CC=CN3C2)c2cccc3c2c2ccccc2n3-c2ccc(-c3ccccc3)cc2)cc1. The molecule has 9 aromatic rings. The molecule has 0 amide bonds. The normalized spacial score (nSPS) is 16.3. The van der Waals surface area contributed by atoms with Crippen LogP contribution in [0.5, 0.6) is 0 Å². The molecule has 0 bridgehead atoms. The molecular formula is C52H40N4. The van der Waals surface area contributed by atoms with Crippen molar-refractivity contribution in [1.82, 2.24) is 14.0 Å². The van der Waals surface area contributed by atoms with Crippen LogP contribution in [0.3, 0.4) is 0 Å². The summed E-state index contributed by atoms with van der Waals surface area (Å²) in [5.41, 5.74) is 14.1. The molecule has 0 aliphatic carbocycles. The average Bonchev–Trinajstić information content (AvgIpc) is 3.89. The molecule has 0 spiro atoms. The van der Waals surface area contributed by atoms with Crippen molar-refractivity contribution in [1.29, 1.82) is 0 Å². The van der Waals surface area contributed by atoms with Crippen molar-refractivity contribution >= 4 is 66.4 Å². The molecule has 4 heteroatoms. The van der Waals surface area contributed by atoms with E-state index in [-0.39, 0.29) is 5.54 Å². The van der Waals surface area contributed by atoms with E-state index in [4.69, 9.17) is 0 Å². The Hall–Kier alpha value is -7.04. The van der Waals surface area contributed by atoms with Crippen LogP contribution in [0.1, 0.15) is 12.5 Å². The fourth-order valence-corrected chi connectivity index (χ4v) is 9.20. The number of aryl methyl sites for hydroxylation is 1. The van der Waals surface area contributed by atoms with Crippen LogP contribution < -0.4 is 4.90 Å². The maximum absolute atomic E-state index is 2.50. The van der Waals surface area contributed by atoms with Gasteiger partial charge in [0.15, 0.2) is 0 Å². The van der Waals surface area contributed by atoms with Gasteiger partial charge in [-0.05, 0) is 97.8 Å². The highest BCUT2D eigenvalue weighted by molar-refractivity contribution is 6.21. The fraction of sp³-hybridized carbons (Fsp3) is 0.0769. The molecule has 4 nitrogen and oxygen atoms in total. The Balaban J connectivity index is 1.17. The summed E-state index contributed by atoms with van der Waals surface area (Å²) in [7, 11) is 0. The number of rotatable bonds is 6. The summed E-state index contributed by atoms with van der Waals surface area (Å²) in [5, 5.41) is 4.92. The molecule has 2 aromatic heterocycles. The van der Waals surface area contributed by atoms with Crippen LogP contribution in [0, 0.1) is 6.92 Å². The molecule has 0 fully saturated rings. The fourth-order valence-electron chi connectivity index (χ4n) is 9.20. The van der Waals surface area contributed by atoms with E-state index in [2.05, 4.69) is 227 Å². The van der Waals surface area contributed by atoms with Crippen LogP contribution in [-0.2, 0) is 0 Å². The van der Waals surface area contributed by atoms with Gasteiger partial charge in [0.1, 0.15) is 0 Å². The van der Waals surface area contributed by atoms with E-state index in [0.717, 1.165) is 29.3 Å². The number of hydrogen-bond donors (Lipinski definition) is 0. The third kappa shape index (κ3) is 4.92. The zero-order chi connectivity index (χ0) is 37.4. The number of allylic oxidation sites excluding steroid dienone is 2. The van der Waals surface area contributed by atoms with Gasteiger partial charge in [-0.15, -0.1) is 0 Å². The Morgan fingerprint density at radius 2 is 1.09 bits per heavy atom. The van der Waals surface area contributed by atoms with E-state index >= 15 is 0 Å². The lowest BCUT2D eigenvalue weighted by Gasteiger charge is -2.32. The summed E-state index contributed by atoms with van der Waals surface area (Å²) in [6, 6.07) is 60.0. The third-order valence-corrected chi connectivity index (χ3v) is 11.9. The first-order chi connectivity index (χ1) is 27.6. The molecule has 1 unspecified atom stereocenters. The minimum absolute atomic E-state index is 0.154. The van der Waals surface area contributed by atoms with Crippen LogP contribution >= 0.6 is 0 Å². The van der Waals surface area contributed by atoms with Gasteiger partial charge < -0.3 is 18.9 Å². The maximum Gasteiger partial charge on any atom is 0.0762 e. The lowest BCUT2D eigenvalue weighted by molar-refractivity contribution is 0.313. The molecule has 0 N–H and O–H groups in total. The van der Waals surface area contributed by atoms with E-state index < -0.39 is 0 Å². The Labute approximate surface area is 326 Å². The molecular weight excluding hydrogens is 681 g/mol. The average molecular weight is 721 g/mol. The predicted octanol–water partition coefficient (Wildman–Crippen LogP) is 13.3.